The second-order valence-electron chi connectivity index (χ2n) is 12.5. The Labute approximate surface area is 255 Å². The van der Waals surface area contributed by atoms with Crippen molar-refractivity contribution in [3.05, 3.63) is 12.2 Å². The predicted octanol–water partition coefficient (Wildman–Crippen LogP) is 9.28. The number of carbonyl (C=O) groups excluding carboxylic acids is 1. The van der Waals surface area contributed by atoms with Crippen molar-refractivity contribution in [2.24, 2.45) is 5.73 Å². The van der Waals surface area contributed by atoms with Crippen molar-refractivity contribution >= 4 is 5.91 Å². The van der Waals surface area contributed by atoms with E-state index in [4.69, 9.17) is 5.73 Å². The number of amides is 1. The zero-order chi connectivity index (χ0) is 30.2. The lowest BCUT2D eigenvalue weighted by molar-refractivity contribution is -0.123. The second-order valence-corrected chi connectivity index (χ2v) is 12.5. The Bertz CT molecular complexity index is 569. The van der Waals surface area contributed by atoms with Crippen molar-refractivity contribution in [2.75, 3.05) is 6.54 Å². The van der Waals surface area contributed by atoms with Gasteiger partial charge < -0.3 is 21.3 Å². The van der Waals surface area contributed by atoms with E-state index in [2.05, 4.69) is 31.3 Å². The van der Waals surface area contributed by atoms with E-state index in [0.717, 1.165) is 38.5 Å². The summed E-state index contributed by atoms with van der Waals surface area (Å²) in [5.41, 5.74) is 5.82. The lowest BCUT2D eigenvalue weighted by atomic mass is 9.99. The number of nitrogens with one attached hydrogen (secondary N) is 1. The molecule has 0 bridgehead atoms. The normalized spacial score (nSPS) is 14.0. The monoisotopic (exact) mass is 581 g/mol. The molecule has 0 aromatic carbocycles. The van der Waals surface area contributed by atoms with Gasteiger partial charge in [0.2, 0.25) is 5.91 Å². The summed E-state index contributed by atoms with van der Waals surface area (Å²) in [6, 6.07) is -0.585. The molecule has 0 unspecified atom stereocenters. The van der Waals surface area contributed by atoms with Crippen LogP contribution in [0.2, 0.25) is 0 Å². The molecule has 3 atom stereocenters. The molecule has 41 heavy (non-hydrogen) atoms. The van der Waals surface area contributed by atoms with E-state index < -0.39 is 18.2 Å². The number of allylic oxidation sites excluding steroid dienone is 2. The van der Waals surface area contributed by atoms with Gasteiger partial charge in [0, 0.05) is 13.0 Å². The van der Waals surface area contributed by atoms with E-state index in [0.29, 0.717) is 12.8 Å². The zero-order valence-electron chi connectivity index (χ0n) is 27.6. The molecular weight excluding hydrogens is 508 g/mol. The fourth-order valence-electron chi connectivity index (χ4n) is 5.55. The fraction of sp³-hybridized carbons (Fsp3) is 0.917. The van der Waals surface area contributed by atoms with E-state index >= 15 is 0 Å². The van der Waals surface area contributed by atoms with Gasteiger partial charge in [-0.05, 0) is 38.5 Å². The summed E-state index contributed by atoms with van der Waals surface area (Å²) in [5.74, 6) is -0.0744. The second kappa shape index (κ2) is 32.0. The van der Waals surface area contributed by atoms with Gasteiger partial charge in [-0.3, -0.25) is 4.79 Å². The Morgan fingerprint density at radius 1 is 0.610 bits per heavy atom. The highest BCUT2D eigenvalue weighted by molar-refractivity contribution is 5.76. The number of hydrogen-bond donors (Lipinski definition) is 4. The smallest absolute Gasteiger partial charge is 0.220 e. The van der Waals surface area contributed by atoms with Crippen LogP contribution >= 0.6 is 0 Å². The molecule has 0 aliphatic rings. The molecule has 5 nitrogen and oxygen atoms in total. The molecule has 5 heteroatoms. The van der Waals surface area contributed by atoms with Gasteiger partial charge in [0.25, 0.3) is 0 Å². The summed E-state index contributed by atoms with van der Waals surface area (Å²) in [5, 5.41) is 23.9. The number of rotatable bonds is 32. The summed E-state index contributed by atoms with van der Waals surface area (Å²) in [4.78, 5) is 12.4. The summed E-state index contributed by atoms with van der Waals surface area (Å²) >= 11 is 0. The molecule has 1 amide bonds. The van der Waals surface area contributed by atoms with Crippen LogP contribution < -0.4 is 11.1 Å². The quantitative estimate of drug-likeness (QED) is 0.0471. The Kier molecular flexibility index (Phi) is 31.3. The van der Waals surface area contributed by atoms with Gasteiger partial charge in [-0.2, -0.15) is 0 Å². The van der Waals surface area contributed by atoms with Crippen LogP contribution in [0.4, 0.5) is 0 Å². The molecule has 0 radical (unpaired) electrons. The minimum Gasteiger partial charge on any atom is -0.390 e. The van der Waals surface area contributed by atoms with Gasteiger partial charge in [-0.15, -0.1) is 0 Å². The molecule has 0 aromatic rings. The molecule has 0 aromatic heterocycles. The minimum atomic E-state index is -1.01. The van der Waals surface area contributed by atoms with Gasteiger partial charge in [0.1, 0.15) is 6.10 Å². The van der Waals surface area contributed by atoms with Crippen LogP contribution in [0.5, 0.6) is 0 Å². The third-order valence-electron chi connectivity index (χ3n) is 8.43. The highest BCUT2D eigenvalue weighted by atomic mass is 16.3. The number of carbonyl (C=O) groups is 1. The maximum Gasteiger partial charge on any atom is 0.220 e. The van der Waals surface area contributed by atoms with E-state index in [-0.39, 0.29) is 12.5 Å². The first-order valence-electron chi connectivity index (χ1n) is 18.1. The van der Waals surface area contributed by atoms with Crippen molar-refractivity contribution in [1.82, 2.24) is 5.32 Å². The van der Waals surface area contributed by atoms with Crippen LogP contribution in [-0.4, -0.2) is 40.9 Å². The molecule has 5 N–H and O–H groups in total. The van der Waals surface area contributed by atoms with Crippen molar-refractivity contribution in [1.29, 1.82) is 0 Å². The van der Waals surface area contributed by atoms with Crippen molar-refractivity contribution in [2.45, 2.75) is 205 Å². The average Bonchev–Trinajstić information content (AvgIpc) is 2.97. The van der Waals surface area contributed by atoms with Crippen molar-refractivity contribution in [3.63, 3.8) is 0 Å². The highest BCUT2D eigenvalue weighted by Gasteiger charge is 2.26. The Balaban J connectivity index is 3.71. The number of aliphatic hydroxyl groups excluding tert-OH is 2. The summed E-state index contributed by atoms with van der Waals surface area (Å²) < 4.78 is 0. The van der Waals surface area contributed by atoms with Gasteiger partial charge >= 0.3 is 0 Å². The third kappa shape index (κ3) is 27.7. The first-order chi connectivity index (χ1) is 20.1. The van der Waals surface area contributed by atoms with E-state index in [1.807, 2.05) is 0 Å². The van der Waals surface area contributed by atoms with Gasteiger partial charge in [-0.1, -0.05) is 154 Å². The van der Waals surface area contributed by atoms with Gasteiger partial charge in [0.15, 0.2) is 0 Å². The van der Waals surface area contributed by atoms with Crippen LogP contribution in [0.1, 0.15) is 187 Å². The summed E-state index contributed by atoms with van der Waals surface area (Å²) in [6.45, 7) is 4.66. The van der Waals surface area contributed by atoms with Crippen LogP contribution in [0, 0.1) is 0 Å². The average molecular weight is 581 g/mol. The topological polar surface area (TPSA) is 95.6 Å². The molecule has 0 aliphatic carbocycles. The van der Waals surface area contributed by atoms with Gasteiger partial charge in [-0.25, -0.2) is 0 Å². The number of nitrogens with two attached hydrogens (primary N) is 1. The van der Waals surface area contributed by atoms with Crippen molar-refractivity contribution < 1.29 is 15.0 Å². The molecule has 0 rings (SSSR count). The van der Waals surface area contributed by atoms with Crippen LogP contribution in [0.15, 0.2) is 12.2 Å². The molecule has 0 saturated heterocycles. The largest absolute Gasteiger partial charge is 0.390 e. The molecule has 0 spiro atoms. The van der Waals surface area contributed by atoms with Crippen LogP contribution in [0.25, 0.3) is 0 Å². The Hall–Kier alpha value is -0.910. The Morgan fingerprint density at radius 2 is 1.00 bits per heavy atom. The summed E-state index contributed by atoms with van der Waals surface area (Å²) in [6.07, 6.45) is 35.1. The first-order valence-corrected chi connectivity index (χ1v) is 18.1. The standard InChI is InChI=1S/C36H72N2O3/c1-3-5-7-9-11-13-15-17-18-19-21-23-25-27-29-31-35(40)38-33(32-37)36(41)34(39)30-28-26-24-22-20-16-14-12-10-8-6-4-2/h17-18,33-34,36,39,41H,3-16,19-32,37H2,1-2H3,(H,38,40)/b18-17-/t33-,34+,36-/m0/s1. The van der Waals surface area contributed by atoms with Crippen molar-refractivity contribution in [3.8, 4) is 0 Å². The van der Waals surface area contributed by atoms with E-state index in [1.165, 1.54) is 122 Å². The highest BCUT2D eigenvalue weighted by Crippen LogP contribution is 2.15. The number of hydrogen-bond acceptors (Lipinski definition) is 4. The predicted molar refractivity (Wildman–Crippen MR) is 178 cm³/mol. The molecule has 0 heterocycles. The maximum absolute atomic E-state index is 12.4. The first kappa shape index (κ1) is 40.1. The Morgan fingerprint density at radius 3 is 1.44 bits per heavy atom. The third-order valence-corrected chi connectivity index (χ3v) is 8.43. The lowest BCUT2D eigenvalue weighted by Gasteiger charge is -2.26. The molecule has 0 aliphatic heterocycles. The van der Waals surface area contributed by atoms with Crippen LogP contribution in [-0.2, 0) is 4.79 Å². The molecular formula is C36H72N2O3. The van der Waals surface area contributed by atoms with E-state index in [1.54, 1.807) is 0 Å². The van der Waals surface area contributed by atoms with Crippen LogP contribution in [0.3, 0.4) is 0 Å². The number of aliphatic hydroxyl groups is 2. The molecule has 244 valence electrons. The lowest BCUT2D eigenvalue weighted by Crippen LogP contribution is -2.52. The maximum atomic E-state index is 12.4. The minimum absolute atomic E-state index is 0.0744. The summed E-state index contributed by atoms with van der Waals surface area (Å²) in [7, 11) is 0. The van der Waals surface area contributed by atoms with Gasteiger partial charge in [0.05, 0.1) is 12.1 Å². The zero-order valence-corrected chi connectivity index (χ0v) is 27.6. The fourth-order valence-corrected chi connectivity index (χ4v) is 5.55. The molecule has 0 saturated carbocycles. The van der Waals surface area contributed by atoms with E-state index in [9.17, 15) is 15.0 Å². The SMILES string of the molecule is CCCCCCCC/C=C\CCCCCCCC(=O)N[C@@H](CN)[C@H](O)[C@H](O)CCCCCCCCCCCCCC. The molecule has 0 fully saturated rings. The number of unbranched alkanes of at least 4 members (excludes halogenated alkanes) is 22.